The van der Waals surface area contributed by atoms with Gasteiger partial charge in [-0.25, -0.2) is 0 Å². The van der Waals surface area contributed by atoms with Gasteiger partial charge in [0, 0.05) is 37.0 Å². The summed E-state index contributed by atoms with van der Waals surface area (Å²) < 4.78 is 21.2. The molecule has 0 saturated heterocycles. The topological polar surface area (TPSA) is 150 Å². The molecule has 1 amide bonds. The van der Waals surface area contributed by atoms with Crippen LogP contribution in [-0.2, 0) is 30.5 Å². The fourth-order valence-corrected chi connectivity index (χ4v) is 5.75. The van der Waals surface area contributed by atoms with Crippen LogP contribution >= 0.6 is 22.7 Å². The van der Waals surface area contributed by atoms with E-state index in [-0.39, 0.29) is 12.3 Å². The predicted octanol–water partition coefficient (Wildman–Crippen LogP) is 4.14. The molecule has 0 saturated carbocycles. The SMILES string of the molecule is COc1ccc(CC(=O)Nc2nnc(CCCCc3nnc(NC(O)Cc4ccc(OC)cc4OC)s3)s2)c(OC)c1. The number of hydrogen-bond acceptors (Lipinski definition) is 13. The quantitative estimate of drug-likeness (QED) is 0.123. The molecule has 12 nitrogen and oxygen atoms in total. The summed E-state index contributed by atoms with van der Waals surface area (Å²) in [6.45, 7) is 0. The lowest BCUT2D eigenvalue weighted by atomic mass is 10.1. The van der Waals surface area contributed by atoms with Crippen molar-refractivity contribution in [3.63, 3.8) is 0 Å². The number of rotatable bonds is 16. The van der Waals surface area contributed by atoms with E-state index in [4.69, 9.17) is 18.9 Å². The van der Waals surface area contributed by atoms with Crippen molar-refractivity contribution in [1.29, 1.82) is 0 Å². The van der Waals surface area contributed by atoms with Crippen LogP contribution in [-0.4, -0.2) is 66.1 Å². The van der Waals surface area contributed by atoms with E-state index in [1.165, 1.54) is 22.7 Å². The number of nitrogens with zero attached hydrogens (tertiary/aromatic N) is 4. The molecule has 0 bridgehead atoms. The van der Waals surface area contributed by atoms with Crippen LogP contribution in [0.25, 0.3) is 0 Å². The first-order chi connectivity index (χ1) is 20.4. The molecule has 0 radical (unpaired) electrons. The zero-order chi connectivity index (χ0) is 29.9. The molecule has 3 N–H and O–H groups in total. The maximum absolute atomic E-state index is 12.5. The van der Waals surface area contributed by atoms with Gasteiger partial charge in [-0.3, -0.25) is 4.79 Å². The van der Waals surface area contributed by atoms with Gasteiger partial charge < -0.3 is 34.7 Å². The number of aromatic nitrogens is 4. The van der Waals surface area contributed by atoms with E-state index in [2.05, 4.69) is 31.0 Å². The zero-order valence-corrected chi connectivity index (χ0v) is 25.5. The molecule has 42 heavy (non-hydrogen) atoms. The molecule has 14 heteroatoms. The van der Waals surface area contributed by atoms with E-state index >= 15 is 0 Å². The van der Waals surface area contributed by atoms with Gasteiger partial charge in [0.25, 0.3) is 0 Å². The molecule has 1 atom stereocenters. The van der Waals surface area contributed by atoms with E-state index in [1.807, 2.05) is 18.2 Å². The molecule has 0 aliphatic heterocycles. The normalized spacial score (nSPS) is 11.5. The first-order valence-electron chi connectivity index (χ1n) is 13.2. The van der Waals surface area contributed by atoms with Crippen molar-refractivity contribution < 1.29 is 28.8 Å². The highest BCUT2D eigenvalue weighted by Gasteiger charge is 2.15. The third-order valence-electron chi connectivity index (χ3n) is 6.25. The number of aryl methyl sites for hydroxylation is 2. The van der Waals surface area contributed by atoms with E-state index in [9.17, 15) is 9.90 Å². The van der Waals surface area contributed by atoms with Crippen LogP contribution in [0.5, 0.6) is 23.0 Å². The Balaban J connectivity index is 1.18. The summed E-state index contributed by atoms with van der Waals surface area (Å²) in [7, 11) is 6.31. The molecule has 1 unspecified atom stereocenters. The fourth-order valence-electron chi connectivity index (χ4n) is 4.13. The van der Waals surface area contributed by atoms with Crippen LogP contribution in [0.4, 0.5) is 10.3 Å². The summed E-state index contributed by atoms with van der Waals surface area (Å²) >= 11 is 2.78. The molecule has 224 valence electrons. The highest BCUT2D eigenvalue weighted by molar-refractivity contribution is 7.15. The van der Waals surface area contributed by atoms with Crippen LogP contribution < -0.4 is 29.6 Å². The Bertz CT molecular complexity index is 1460. The van der Waals surface area contributed by atoms with Gasteiger partial charge in [-0.05, 0) is 30.5 Å². The number of nitrogens with one attached hydrogen (secondary N) is 2. The lowest BCUT2D eigenvalue weighted by Gasteiger charge is -2.14. The van der Waals surface area contributed by atoms with Crippen LogP contribution in [0.3, 0.4) is 0 Å². The monoisotopic (exact) mass is 614 g/mol. The number of carbonyl (C=O) groups excluding carboxylic acids is 1. The molecule has 4 rings (SSSR count). The van der Waals surface area contributed by atoms with Crippen LogP contribution in [0, 0.1) is 0 Å². The zero-order valence-electron chi connectivity index (χ0n) is 23.9. The molecule has 0 aliphatic rings. The second-order valence-corrected chi connectivity index (χ2v) is 11.3. The number of hydrogen-bond donors (Lipinski definition) is 3. The maximum atomic E-state index is 12.5. The summed E-state index contributed by atoms with van der Waals surface area (Å²) in [5.74, 6) is 2.38. The summed E-state index contributed by atoms with van der Waals surface area (Å²) in [6.07, 6.45) is 2.90. The third-order valence-corrected chi connectivity index (χ3v) is 8.07. The number of benzene rings is 2. The van der Waals surface area contributed by atoms with Crippen molar-refractivity contribution in [2.45, 2.75) is 44.8 Å². The van der Waals surface area contributed by atoms with Gasteiger partial charge in [-0.15, -0.1) is 20.4 Å². The Morgan fingerprint density at radius 3 is 1.93 bits per heavy atom. The van der Waals surface area contributed by atoms with E-state index in [0.29, 0.717) is 39.7 Å². The van der Waals surface area contributed by atoms with Crippen molar-refractivity contribution in [3.05, 3.63) is 57.5 Å². The van der Waals surface area contributed by atoms with Crippen molar-refractivity contribution in [2.24, 2.45) is 0 Å². The van der Waals surface area contributed by atoms with Crippen molar-refractivity contribution >= 4 is 38.8 Å². The first-order valence-corrected chi connectivity index (χ1v) is 14.8. The summed E-state index contributed by atoms with van der Waals surface area (Å²) in [5, 5.41) is 35.8. The van der Waals surface area contributed by atoms with E-state index in [0.717, 1.165) is 46.8 Å². The number of anilines is 2. The molecule has 2 aromatic heterocycles. The average molecular weight is 615 g/mol. The first kappa shape index (κ1) is 30.9. The number of ether oxygens (including phenoxy) is 4. The molecule has 0 spiro atoms. The fraction of sp³-hybridized carbons (Fsp3) is 0.393. The Morgan fingerprint density at radius 2 is 1.33 bits per heavy atom. The number of carbonyl (C=O) groups is 1. The molecule has 2 heterocycles. The number of aliphatic hydroxyl groups is 1. The van der Waals surface area contributed by atoms with Crippen molar-refractivity contribution in [3.8, 4) is 23.0 Å². The standard InChI is InChI=1S/C28H34N6O6S2/c1-37-19-11-9-17(21(15-19)39-3)13-23(35)29-27-33-31-25(41-27)7-5-6-8-26-32-34-28(42-26)30-24(36)14-18-10-12-20(38-2)16-22(18)40-4/h9-12,15-16,23,35H,5-8,13-14H2,1-4H3,(H,29,33)(H,30,34,36). The Labute approximate surface area is 252 Å². The van der Waals surface area contributed by atoms with E-state index in [1.54, 1.807) is 46.6 Å². The smallest absolute Gasteiger partial charge is 0.230 e. The van der Waals surface area contributed by atoms with E-state index < -0.39 is 6.23 Å². The minimum Gasteiger partial charge on any atom is -0.497 e. The van der Waals surface area contributed by atoms with Crippen molar-refractivity contribution in [2.75, 3.05) is 39.1 Å². The molecular weight excluding hydrogens is 580 g/mol. The van der Waals surface area contributed by atoms with Gasteiger partial charge in [0.1, 0.15) is 39.2 Å². The van der Waals surface area contributed by atoms with Gasteiger partial charge in [-0.2, -0.15) is 0 Å². The second kappa shape index (κ2) is 15.3. The largest absolute Gasteiger partial charge is 0.497 e. The Kier molecular flexibility index (Phi) is 11.3. The minimum atomic E-state index is -0.849. The minimum absolute atomic E-state index is 0.146. The predicted molar refractivity (Wildman–Crippen MR) is 161 cm³/mol. The van der Waals surface area contributed by atoms with Gasteiger partial charge >= 0.3 is 0 Å². The Hall–Kier alpha value is -4.01. The highest BCUT2D eigenvalue weighted by atomic mass is 32.1. The number of amides is 1. The molecule has 4 aromatic rings. The van der Waals surface area contributed by atoms with Gasteiger partial charge in [0.05, 0.1) is 34.9 Å². The number of methoxy groups -OCH3 is 4. The highest BCUT2D eigenvalue weighted by Crippen LogP contribution is 2.27. The lowest BCUT2D eigenvalue weighted by molar-refractivity contribution is -0.115. The summed E-state index contributed by atoms with van der Waals surface area (Å²) in [5.41, 5.74) is 1.60. The maximum Gasteiger partial charge on any atom is 0.230 e. The lowest BCUT2D eigenvalue weighted by Crippen LogP contribution is -2.21. The van der Waals surface area contributed by atoms with Crippen molar-refractivity contribution in [1.82, 2.24) is 20.4 Å². The molecule has 0 aliphatic carbocycles. The summed E-state index contributed by atoms with van der Waals surface area (Å²) in [4.78, 5) is 12.5. The van der Waals surface area contributed by atoms with Gasteiger partial charge in [-0.1, -0.05) is 34.8 Å². The third kappa shape index (κ3) is 8.74. The van der Waals surface area contributed by atoms with Gasteiger partial charge in [0.15, 0.2) is 0 Å². The number of unbranched alkanes of at least 4 members (excludes halogenated alkanes) is 1. The molecule has 0 fully saturated rings. The summed E-state index contributed by atoms with van der Waals surface area (Å²) in [6, 6.07) is 10.8. The van der Waals surface area contributed by atoms with Gasteiger partial charge in [0.2, 0.25) is 16.2 Å². The number of aliphatic hydroxyl groups excluding tert-OH is 1. The molecule has 2 aromatic carbocycles. The van der Waals surface area contributed by atoms with Crippen LogP contribution in [0.1, 0.15) is 34.0 Å². The molecular formula is C28H34N6O6S2. The van der Waals surface area contributed by atoms with Crippen LogP contribution in [0.15, 0.2) is 36.4 Å². The second-order valence-electron chi connectivity index (χ2n) is 9.15. The Morgan fingerprint density at radius 1 is 0.786 bits per heavy atom. The average Bonchev–Trinajstić information content (AvgIpc) is 3.64. The van der Waals surface area contributed by atoms with Crippen LogP contribution in [0.2, 0.25) is 0 Å².